The Balaban J connectivity index is 1.96. The standard InChI is InChI=1S/C10H15N3O/c14-8-3-4-11-10(8)7-6-12-9-2-1-5-13(7)9/h6,8,10-11,14H,1-5H2. The van der Waals surface area contributed by atoms with E-state index in [1.807, 2.05) is 6.20 Å². The van der Waals surface area contributed by atoms with Crippen molar-refractivity contribution in [2.24, 2.45) is 0 Å². The van der Waals surface area contributed by atoms with Crippen molar-refractivity contribution in [2.45, 2.75) is 38.0 Å². The molecule has 14 heavy (non-hydrogen) atoms. The van der Waals surface area contributed by atoms with Gasteiger partial charge in [-0.1, -0.05) is 0 Å². The Kier molecular flexibility index (Phi) is 1.85. The number of aliphatic hydroxyl groups excluding tert-OH is 1. The molecule has 2 N–H and O–H groups in total. The number of aromatic nitrogens is 2. The lowest BCUT2D eigenvalue weighted by atomic mass is 10.1. The minimum absolute atomic E-state index is 0.106. The van der Waals surface area contributed by atoms with Gasteiger partial charge in [-0.05, 0) is 19.4 Å². The summed E-state index contributed by atoms with van der Waals surface area (Å²) in [5.41, 5.74) is 1.17. The highest BCUT2D eigenvalue weighted by Crippen LogP contribution is 2.27. The van der Waals surface area contributed by atoms with Crippen LogP contribution in [-0.2, 0) is 13.0 Å². The van der Waals surface area contributed by atoms with Crippen LogP contribution >= 0.6 is 0 Å². The fourth-order valence-corrected chi connectivity index (χ4v) is 2.52. The maximum Gasteiger partial charge on any atom is 0.108 e. The van der Waals surface area contributed by atoms with Crippen molar-refractivity contribution in [1.29, 1.82) is 0 Å². The average Bonchev–Trinajstić information content (AvgIpc) is 2.78. The second-order valence-corrected chi connectivity index (χ2v) is 4.14. The molecule has 2 aliphatic rings. The number of hydrogen-bond acceptors (Lipinski definition) is 3. The summed E-state index contributed by atoms with van der Waals surface area (Å²) in [5.74, 6) is 1.18. The molecule has 0 aliphatic carbocycles. The lowest BCUT2D eigenvalue weighted by Crippen LogP contribution is -2.23. The number of nitrogens with one attached hydrogen (secondary N) is 1. The highest BCUT2D eigenvalue weighted by atomic mass is 16.3. The van der Waals surface area contributed by atoms with Gasteiger partial charge in [0, 0.05) is 13.0 Å². The SMILES string of the molecule is OC1CCNC1c1cnc2n1CCC2. The van der Waals surface area contributed by atoms with Crippen molar-refractivity contribution < 1.29 is 5.11 Å². The van der Waals surface area contributed by atoms with Gasteiger partial charge in [0.2, 0.25) is 0 Å². The molecule has 2 aliphatic heterocycles. The monoisotopic (exact) mass is 193 g/mol. The van der Waals surface area contributed by atoms with Crippen molar-refractivity contribution in [3.63, 3.8) is 0 Å². The van der Waals surface area contributed by atoms with Crippen molar-refractivity contribution in [2.75, 3.05) is 6.54 Å². The molecule has 0 saturated carbocycles. The summed E-state index contributed by atoms with van der Waals surface area (Å²) in [6.07, 6.45) is 4.81. The molecule has 0 aromatic carbocycles. The van der Waals surface area contributed by atoms with Gasteiger partial charge in [0.15, 0.2) is 0 Å². The van der Waals surface area contributed by atoms with Crippen molar-refractivity contribution in [3.8, 4) is 0 Å². The van der Waals surface area contributed by atoms with Crippen molar-refractivity contribution in [1.82, 2.24) is 14.9 Å². The number of fused-ring (bicyclic) bond motifs is 1. The largest absolute Gasteiger partial charge is 0.391 e. The van der Waals surface area contributed by atoms with Crippen molar-refractivity contribution in [3.05, 3.63) is 17.7 Å². The van der Waals surface area contributed by atoms with Gasteiger partial charge in [0.1, 0.15) is 5.82 Å². The minimum atomic E-state index is -0.239. The first-order valence-corrected chi connectivity index (χ1v) is 5.32. The summed E-state index contributed by atoms with van der Waals surface area (Å²) in [5, 5.41) is 13.1. The molecule has 1 fully saturated rings. The molecule has 3 rings (SSSR count). The van der Waals surface area contributed by atoms with Crippen LogP contribution in [-0.4, -0.2) is 27.3 Å². The van der Waals surface area contributed by atoms with E-state index in [-0.39, 0.29) is 12.1 Å². The number of aliphatic hydroxyl groups is 1. The summed E-state index contributed by atoms with van der Waals surface area (Å²) in [7, 11) is 0. The molecule has 0 spiro atoms. The maximum atomic E-state index is 9.79. The lowest BCUT2D eigenvalue weighted by molar-refractivity contribution is 0.157. The number of hydrogen-bond donors (Lipinski definition) is 2. The number of nitrogens with zero attached hydrogens (tertiary/aromatic N) is 2. The van der Waals surface area contributed by atoms with Gasteiger partial charge in [-0.2, -0.15) is 0 Å². The molecule has 76 valence electrons. The first-order valence-electron chi connectivity index (χ1n) is 5.32. The van der Waals surface area contributed by atoms with Crippen LogP contribution in [0.25, 0.3) is 0 Å². The van der Waals surface area contributed by atoms with E-state index in [0.29, 0.717) is 0 Å². The molecular formula is C10H15N3O. The molecule has 3 heterocycles. The van der Waals surface area contributed by atoms with Gasteiger partial charge in [-0.3, -0.25) is 0 Å². The molecule has 2 unspecified atom stereocenters. The fraction of sp³-hybridized carbons (Fsp3) is 0.700. The number of rotatable bonds is 1. The summed E-state index contributed by atoms with van der Waals surface area (Å²) in [4.78, 5) is 4.39. The molecule has 0 radical (unpaired) electrons. The Hall–Kier alpha value is -0.870. The van der Waals surface area contributed by atoms with Gasteiger partial charge in [-0.15, -0.1) is 0 Å². The molecular weight excluding hydrogens is 178 g/mol. The third-order valence-corrected chi connectivity index (χ3v) is 3.26. The summed E-state index contributed by atoms with van der Waals surface area (Å²) in [6.45, 7) is 1.97. The smallest absolute Gasteiger partial charge is 0.108 e. The second kappa shape index (κ2) is 3.07. The fourth-order valence-electron chi connectivity index (χ4n) is 2.52. The van der Waals surface area contributed by atoms with E-state index in [0.717, 1.165) is 25.9 Å². The van der Waals surface area contributed by atoms with Crippen LogP contribution in [0.5, 0.6) is 0 Å². The highest BCUT2D eigenvalue weighted by Gasteiger charge is 2.30. The molecule has 1 saturated heterocycles. The Labute approximate surface area is 83.0 Å². The van der Waals surface area contributed by atoms with Crippen LogP contribution in [0.3, 0.4) is 0 Å². The lowest BCUT2D eigenvalue weighted by Gasteiger charge is -2.15. The molecule has 2 atom stereocenters. The van der Waals surface area contributed by atoms with Crippen LogP contribution < -0.4 is 5.32 Å². The zero-order valence-electron chi connectivity index (χ0n) is 8.11. The summed E-state index contributed by atoms with van der Waals surface area (Å²) >= 11 is 0. The first kappa shape index (κ1) is 8.44. The number of aryl methyl sites for hydroxylation is 1. The van der Waals surface area contributed by atoms with Gasteiger partial charge in [-0.25, -0.2) is 4.98 Å². The normalized spacial score (nSPS) is 30.9. The van der Waals surface area contributed by atoms with Gasteiger partial charge < -0.3 is 15.0 Å². The summed E-state index contributed by atoms with van der Waals surface area (Å²) in [6, 6.07) is 0.106. The molecule has 4 heteroatoms. The topological polar surface area (TPSA) is 50.1 Å². The van der Waals surface area contributed by atoms with E-state index < -0.39 is 0 Å². The van der Waals surface area contributed by atoms with E-state index >= 15 is 0 Å². The highest BCUT2D eigenvalue weighted by molar-refractivity contribution is 5.15. The van der Waals surface area contributed by atoms with Crippen LogP contribution in [0.1, 0.15) is 30.4 Å². The zero-order chi connectivity index (χ0) is 9.54. The van der Waals surface area contributed by atoms with E-state index in [2.05, 4.69) is 14.9 Å². The van der Waals surface area contributed by atoms with E-state index in [1.165, 1.54) is 17.9 Å². The zero-order valence-corrected chi connectivity index (χ0v) is 8.11. The Morgan fingerprint density at radius 3 is 3.29 bits per heavy atom. The van der Waals surface area contributed by atoms with Crippen molar-refractivity contribution >= 4 is 0 Å². The Morgan fingerprint density at radius 1 is 1.57 bits per heavy atom. The second-order valence-electron chi connectivity index (χ2n) is 4.14. The van der Waals surface area contributed by atoms with Crippen LogP contribution in [0.2, 0.25) is 0 Å². The van der Waals surface area contributed by atoms with Gasteiger partial charge >= 0.3 is 0 Å². The molecule has 0 amide bonds. The molecule has 4 nitrogen and oxygen atoms in total. The van der Waals surface area contributed by atoms with Crippen LogP contribution in [0.4, 0.5) is 0 Å². The first-order chi connectivity index (χ1) is 6.86. The molecule has 0 bridgehead atoms. The predicted octanol–water partition coefficient (Wildman–Crippen LogP) is 0.225. The quantitative estimate of drug-likeness (QED) is 0.671. The predicted molar refractivity (Wildman–Crippen MR) is 51.9 cm³/mol. The van der Waals surface area contributed by atoms with Gasteiger partial charge in [0.05, 0.1) is 24.0 Å². The van der Waals surface area contributed by atoms with E-state index in [1.54, 1.807) is 0 Å². The van der Waals surface area contributed by atoms with E-state index in [9.17, 15) is 5.11 Å². The van der Waals surface area contributed by atoms with E-state index in [4.69, 9.17) is 0 Å². The third-order valence-electron chi connectivity index (χ3n) is 3.26. The number of imidazole rings is 1. The maximum absolute atomic E-state index is 9.79. The molecule has 1 aromatic heterocycles. The van der Waals surface area contributed by atoms with Gasteiger partial charge in [0.25, 0.3) is 0 Å². The average molecular weight is 193 g/mol. The third kappa shape index (κ3) is 1.11. The van der Waals surface area contributed by atoms with Crippen LogP contribution in [0.15, 0.2) is 6.20 Å². The minimum Gasteiger partial charge on any atom is -0.391 e. The Morgan fingerprint density at radius 2 is 2.50 bits per heavy atom. The van der Waals surface area contributed by atoms with Crippen LogP contribution in [0, 0.1) is 0 Å². The molecule has 1 aromatic rings. The Bertz CT molecular complexity index is 347. The summed E-state index contributed by atoms with van der Waals surface area (Å²) < 4.78 is 2.26.